The molecule has 6 nitrogen and oxygen atoms in total. The summed E-state index contributed by atoms with van der Waals surface area (Å²) in [5.74, 6) is -0.967. The third-order valence-corrected chi connectivity index (χ3v) is 3.39. The lowest BCUT2D eigenvalue weighted by molar-refractivity contribution is -0.137. The minimum Gasteiger partial charge on any atom is -0.481 e. The Kier molecular flexibility index (Phi) is 11.6. The van der Waals surface area contributed by atoms with E-state index in [1.807, 2.05) is 6.92 Å². The second kappa shape index (κ2) is 12.3. The molecule has 0 unspecified atom stereocenters. The second-order valence-electron chi connectivity index (χ2n) is 5.47. The summed E-state index contributed by atoms with van der Waals surface area (Å²) in [5, 5.41) is 37.7. The van der Waals surface area contributed by atoms with Crippen molar-refractivity contribution in [2.45, 2.75) is 76.6 Å². The highest BCUT2D eigenvalue weighted by atomic mass is 16.4. The molecule has 0 aliphatic rings. The summed E-state index contributed by atoms with van der Waals surface area (Å²) in [4.78, 5) is 21.7. The van der Waals surface area contributed by atoms with E-state index in [9.17, 15) is 24.9 Å². The molecule has 0 spiro atoms. The number of aliphatic carboxylic acids is 1. The van der Waals surface area contributed by atoms with Gasteiger partial charge in [0, 0.05) is 12.8 Å². The van der Waals surface area contributed by atoms with Crippen molar-refractivity contribution in [3.8, 4) is 0 Å². The number of aliphatic hydroxyl groups is 3. The third kappa shape index (κ3) is 10.5. The van der Waals surface area contributed by atoms with Crippen molar-refractivity contribution in [3.63, 3.8) is 0 Å². The smallest absolute Gasteiger partial charge is 0.303 e. The van der Waals surface area contributed by atoms with Crippen LogP contribution < -0.4 is 0 Å². The molecule has 3 atom stereocenters. The van der Waals surface area contributed by atoms with Crippen LogP contribution in [0.4, 0.5) is 0 Å². The van der Waals surface area contributed by atoms with Crippen LogP contribution in [0.15, 0.2) is 12.2 Å². The number of hydrogen-bond acceptors (Lipinski definition) is 5. The fourth-order valence-electron chi connectivity index (χ4n) is 1.96. The molecule has 0 rings (SSSR count). The Morgan fingerprint density at radius 1 is 1.00 bits per heavy atom. The van der Waals surface area contributed by atoms with Crippen LogP contribution in [0.1, 0.15) is 58.3 Å². The molecular weight excluding hydrogens is 288 g/mol. The van der Waals surface area contributed by atoms with E-state index in [1.54, 1.807) is 0 Å². The first kappa shape index (κ1) is 20.8. The van der Waals surface area contributed by atoms with Crippen molar-refractivity contribution in [2.75, 3.05) is 0 Å². The Bertz CT molecular complexity index is 353. The minimum absolute atomic E-state index is 0.0872. The zero-order chi connectivity index (χ0) is 17.0. The van der Waals surface area contributed by atoms with Crippen molar-refractivity contribution in [1.29, 1.82) is 0 Å². The molecule has 0 aromatic carbocycles. The molecule has 0 bridgehead atoms. The predicted octanol–water partition coefficient (Wildman–Crippen LogP) is 1.42. The molecule has 0 heterocycles. The van der Waals surface area contributed by atoms with Gasteiger partial charge >= 0.3 is 5.97 Å². The van der Waals surface area contributed by atoms with E-state index in [0.717, 1.165) is 12.8 Å². The molecule has 0 fully saturated rings. The highest BCUT2D eigenvalue weighted by Gasteiger charge is 2.22. The van der Waals surface area contributed by atoms with Crippen molar-refractivity contribution in [1.82, 2.24) is 0 Å². The number of unbranched alkanes of at least 4 members (excludes halogenated alkanes) is 3. The lowest BCUT2D eigenvalue weighted by atomic mass is 10.0. The number of aliphatic hydroxyl groups excluding tert-OH is 3. The summed E-state index contributed by atoms with van der Waals surface area (Å²) in [6, 6.07) is 0. The molecule has 0 amide bonds. The average molecular weight is 316 g/mol. The molecule has 0 saturated carbocycles. The van der Waals surface area contributed by atoms with E-state index in [-0.39, 0.29) is 18.6 Å². The number of hydrogen-bond donors (Lipinski definition) is 4. The standard InChI is InChI=1S/C16H28O6/c1-2-3-7-12(17)10-11-14(19)16(22)13(18)8-5-4-6-9-15(20)21/h10-11,13-14,16,18-19,22H,2-9H2,1H3,(H,20,21)/b11-10-/t13-,14+,16-/m1/s1. The molecule has 0 aromatic heterocycles. The number of rotatable bonds is 13. The van der Waals surface area contributed by atoms with Crippen molar-refractivity contribution in [3.05, 3.63) is 12.2 Å². The van der Waals surface area contributed by atoms with Crippen LogP contribution in [0.25, 0.3) is 0 Å². The molecular formula is C16H28O6. The Hall–Kier alpha value is -1.24. The molecule has 128 valence electrons. The van der Waals surface area contributed by atoms with E-state index in [4.69, 9.17) is 5.11 Å². The predicted molar refractivity (Wildman–Crippen MR) is 82.4 cm³/mol. The summed E-state index contributed by atoms with van der Waals surface area (Å²) in [6.07, 6.45) is 2.87. The molecule has 0 aliphatic heterocycles. The van der Waals surface area contributed by atoms with Gasteiger partial charge in [0.05, 0.1) is 6.10 Å². The van der Waals surface area contributed by atoms with Gasteiger partial charge in [0.25, 0.3) is 0 Å². The Balaban J connectivity index is 3.99. The van der Waals surface area contributed by atoms with Crippen molar-refractivity contribution in [2.24, 2.45) is 0 Å². The first-order valence-electron chi connectivity index (χ1n) is 7.85. The third-order valence-electron chi connectivity index (χ3n) is 3.39. The lowest BCUT2D eigenvalue weighted by Crippen LogP contribution is -2.36. The van der Waals surface area contributed by atoms with E-state index >= 15 is 0 Å². The fourth-order valence-corrected chi connectivity index (χ4v) is 1.96. The van der Waals surface area contributed by atoms with Crippen LogP contribution in [0.3, 0.4) is 0 Å². The van der Waals surface area contributed by atoms with Gasteiger partial charge in [-0.3, -0.25) is 9.59 Å². The largest absolute Gasteiger partial charge is 0.481 e. The normalized spacial score (nSPS) is 15.6. The Morgan fingerprint density at radius 2 is 1.68 bits per heavy atom. The van der Waals surface area contributed by atoms with Crippen LogP contribution in [0.5, 0.6) is 0 Å². The highest BCUT2D eigenvalue weighted by molar-refractivity contribution is 5.89. The monoisotopic (exact) mass is 316 g/mol. The minimum atomic E-state index is -1.35. The molecule has 22 heavy (non-hydrogen) atoms. The summed E-state index contributed by atoms with van der Waals surface area (Å²) < 4.78 is 0. The maximum atomic E-state index is 11.4. The molecule has 0 aliphatic carbocycles. The fraction of sp³-hybridized carbons (Fsp3) is 0.750. The number of allylic oxidation sites excluding steroid dienone is 1. The van der Waals surface area contributed by atoms with Gasteiger partial charge in [-0.25, -0.2) is 0 Å². The summed E-state index contributed by atoms with van der Waals surface area (Å²) >= 11 is 0. The molecule has 0 aromatic rings. The van der Waals surface area contributed by atoms with Gasteiger partial charge < -0.3 is 20.4 Å². The van der Waals surface area contributed by atoms with Gasteiger partial charge in [-0.2, -0.15) is 0 Å². The van der Waals surface area contributed by atoms with Crippen LogP contribution in [-0.2, 0) is 9.59 Å². The van der Waals surface area contributed by atoms with Gasteiger partial charge in [0.1, 0.15) is 12.2 Å². The zero-order valence-electron chi connectivity index (χ0n) is 13.1. The van der Waals surface area contributed by atoms with E-state index in [1.165, 1.54) is 12.2 Å². The van der Waals surface area contributed by atoms with Gasteiger partial charge in [-0.1, -0.05) is 26.2 Å². The number of carbonyl (C=O) groups excluding carboxylic acids is 1. The molecule has 0 radical (unpaired) electrons. The first-order chi connectivity index (χ1) is 10.4. The second-order valence-corrected chi connectivity index (χ2v) is 5.47. The van der Waals surface area contributed by atoms with Gasteiger partial charge in [-0.05, 0) is 31.4 Å². The van der Waals surface area contributed by atoms with Gasteiger partial charge in [-0.15, -0.1) is 0 Å². The van der Waals surface area contributed by atoms with Crippen molar-refractivity contribution >= 4 is 11.8 Å². The SMILES string of the molecule is CCCCC(=O)/C=C\[C@H](O)[C@H](O)[C@H](O)CCCCCC(=O)O. The molecule has 0 saturated heterocycles. The zero-order valence-corrected chi connectivity index (χ0v) is 13.1. The topological polar surface area (TPSA) is 115 Å². The first-order valence-corrected chi connectivity index (χ1v) is 7.85. The highest BCUT2D eigenvalue weighted by Crippen LogP contribution is 2.11. The average Bonchev–Trinajstić information content (AvgIpc) is 2.48. The van der Waals surface area contributed by atoms with Crippen LogP contribution in [0.2, 0.25) is 0 Å². The Morgan fingerprint density at radius 3 is 2.27 bits per heavy atom. The van der Waals surface area contributed by atoms with E-state index in [2.05, 4.69) is 0 Å². The molecule has 4 N–H and O–H groups in total. The number of carboxylic acids is 1. The van der Waals surface area contributed by atoms with Gasteiger partial charge in [0.15, 0.2) is 5.78 Å². The van der Waals surface area contributed by atoms with Crippen LogP contribution in [-0.4, -0.2) is 50.5 Å². The summed E-state index contributed by atoms with van der Waals surface area (Å²) in [6.45, 7) is 1.97. The quantitative estimate of drug-likeness (QED) is 0.302. The van der Waals surface area contributed by atoms with Gasteiger partial charge in [0.2, 0.25) is 0 Å². The maximum Gasteiger partial charge on any atom is 0.303 e. The maximum absolute atomic E-state index is 11.4. The Labute approximate surface area is 131 Å². The summed E-state index contributed by atoms with van der Waals surface area (Å²) in [7, 11) is 0. The number of carbonyl (C=O) groups is 2. The van der Waals surface area contributed by atoms with E-state index < -0.39 is 24.3 Å². The number of ketones is 1. The van der Waals surface area contributed by atoms with Crippen LogP contribution >= 0.6 is 0 Å². The summed E-state index contributed by atoms with van der Waals surface area (Å²) in [5.41, 5.74) is 0. The van der Waals surface area contributed by atoms with Crippen molar-refractivity contribution < 1.29 is 30.0 Å². The van der Waals surface area contributed by atoms with E-state index in [0.29, 0.717) is 25.7 Å². The molecule has 6 heteroatoms. The van der Waals surface area contributed by atoms with Crippen LogP contribution in [0, 0.1) is 0 Å². The lowest BCUT2D eigenvalue weighted by Gasteiger charge is -2.20. The number of carboxylic acid groups (broad SMARTS) is 1.